The lowest BCUT2D eigenvalue weighted by molar-refractivity contribution is -0.386. The fraction of sp³-hybridized carbons (Fsp3) is 0.118. The number of ether oxygens (including phenoxy) is 1. The van der Waals surface area contributed by atoms with Crippen LogP contribution in [0.25, 0.3) is 11.1 Å². The Bertz CT molecular complexity index is 840. The molecule has 23 heavy (non-hydrogen) atoms. The van der Waals surface area contributed by atoms with Gasteiger partial charge in [0.05, 0.1) is 4.92 Å². The topological polar surface area (TPSA) is 70.2 Å². The molecular weight excluding hydrogens is 294 g/mol. The Balaban J connectivity index is 1.89. The second-order valence-electron chi connectivity index (χ2n) is 5.11. The van der Waals surface area contributed by atoms with Gasteiger partial charge in [-0.25, -0.2) is 4.68 Å². The summed E-state index contributed by atoms with van der Waals surface area (Å²) in [6, 6.07) is 17.4. The van der Waals surface area contributed by atoms with E-state index in [2.05, 4.69) is 5.10 Å². The van der Waals surface area contributed by atoms with Gasteiger partial charge in [0.2, 0.25) is 0 Å². The third-order valence-electron chi connectivity index (χ3n) is 3.50. The molecule has 0 atom stereocenters. The van der Waals surface area contributed by atoms with E-state index in [0.717, 1.165) is 11.1 Å². The lowest BCUT2D eigenvalue weighted by Gasteiger charge is -2.06. The summed E-state index contributed by atoms with van der Waals surface area (Å²) in [6.07, 6.45) is 0. The molecule has 0 amide bonds. The zero-order valence-corrected chi connectivity index (χ0v) is 12.8. The molecule has 0 fully saturated rings. The zero-order valence-electron chi connectivity index (χ0n) is 12.8. The van der Waals surface area contributed by atoms with E-state index in [9.17, 15) is 10.1 Å². The van der Waals surface area contributed by atoms with Gasteiger partial charge in [-0.15, -0.1) is 0 Å². The average Bonchev–Trinajstić information content (AvgIpc) is 2.83. The van der Waals surface area contributed by atoms with Crippen molar-refractivity contribution in [3.05, 3.63) is 70.4 Å². The Morgan fingerprint density at radius 2 is 1.65 bits per heavy atom. The standard InChI is InChI=1S/C17H15N3O3/c1-12-16(20(21)22)17(19(2)18-12)23-15-10-8-14(9-11-15)13-6-4-3-5-7-13/h3-11H,1-2H3. The van der Waals surface area contributed by atoms with Crippen molar-refractivity contribution in [2.75, 3.05) is 0 Å². The number of nitro groups is 1. The van der Waals surface area contributed by atoms with E-state index in [0.29, 0.717) is 11.4 Å². The van der Waals surface area contributed by atoms with Crippen molar-refractivity contribution in [2.24, 2.45) is 7.05 Å². The van der Waals surface area contributed by atoms with Crippen LogP contribution >= 0.6 is 0 Å². The fourth-order valence-corrected chi connectivity index (χ4v) is 2.41. The number of rotatable bonds is 4. The van der Waals surface area contributed by atoms with Crippen molar-refractivity contribution in [3.8, 4) is 22.8 Å². The zero-order chi connectivity index (χ0) is 16.4. The normalized spacial score (nSPS) is 10.5. The number of hydrogen-bond acceptors (Lipinski definition) is 4. The minimum atomic E-state index is -0.476. The van der Waals surface area contributed by atoms with Gasteiger partial charge in [-0.3, -0.25) is 10.1 Å². The quantitative estimate of drug-likeness (QED) is 0.537. The van der Waals surface area contributed by atoms with Crippen LogP contribution in [0.15, 0.2) is 54.6 Å². The molecule has 116 valence electrons. The van der Waals surface area contributed by atoms with Crippen molar-refractivity contribution < 1.29 is 9.66 Å². The minimum absolute atomic E-state index is 0.111. The van der Waals surface area contributed by atoms with E-state index in [4.69, 9.17) is 4.74 Å². The molecule has 0 bridgehead atoms. The van der Waals surface area contributed by atoms with Crippen molar-refractivity contribution in [1.82, 2.24) is 9.78 Å². The Kier molecular flexibility index (Phi) is 3.80. The average molecular weight is 309 g/mol. The molecule has 0 radical (unpaired) electrons. The number of benzene rings is 2. The minimum Gasteiger partial charge on any atom is -0.434 e. The lowest BCUT2D eigenvalue weighted by atomic mass is 10.1. The molecule has 0 unspecified atom stereocenters. The summed E-state index contributed by atoms with van der Waals surface area (Å²) in [5, 5.41) is 15.2. The highest BCUT2D eigenvalue weighted by Crippen LogP contribution is 2.34. The van der Waals surface area contributed by atoms with Crippen molar-refractivity contribution in [1.29, 1.82) is 0 Å². The van der Waals surface area contributed by atoms with Crippen LogP contribution < -0.4 is 4.74 Å². The molecule has 2 aromatic carbocycles. The van der Waals surface area contributed by atoms with Crippen LogP contribution in [-0.2, 0) is 7.05 Å². The Hall–Kier alpha value is -3.15. The highest BCUT2D eigenvalue weighted by atomic mass is 16.6. The molecule has 3 rings (SSSR count). The number of hydrogen-bond donors (Lipinski definition) is 0. The molecule has 0 aliphatic heterocycles. The molecule has 0 saturated heterocycles. The van der Waals surface area contributed by atoms with Gasteiger partial charge in [0.15, 0.2) is 0 Å². The van der Waals surface area contributed by atoms with Crippen molar-refractivity contribution >= 4 is 5.69 Å². The van der Waals surface area contributed by atoms with Crippen molar-refractivity contribution in [2.45, 2.75) is 6.92 Å². The summed E-state index contributed by atoms with van der Waals surface area (Å²) >= 11 is 0. The predicted octanol–water partition coefficient (Wildman–Crippen LogP) is 4.10. The molecule has 6 heteroatoms. The van der Waals surface area contributed by atoms with E-state index >= 15 is 0 Å². The van der Waals surface area contributed by atoms with Crippen LogP contribution in [0.2, 0.25) is 0 Å². The van der Waals surface area contributed by atoms with E-state index in [-0.39, 0.29) is 11.6 Å². The van der Waals surface area contributed by atoms with Crippen molar-refractivity contribution in [3.63, 3.8) is 0 Å². The molecule has 0 aliphatic carbocycles. The van der Waals surface area contributed by atoms with Crippen LogP contribution in [0.3, 0.4) is 0 Å². The Labute approximate surface area is 133 Å². The molecule has 1 aromatic heterocycles. The lowest BCUT2D eigenvalue weighted by Crippen LogP contribution is -1.97. The molecule has 0 N–H and O–H groups in total. The summed E-state index contributed by atoms with van der Waals surface area (Å²) in [5.41, 5.74) is 2.36. The Morgan fingerprint density at radius 3 is 2.26 bits per heavy atom. The SMILES string of the molecule is Cc1nn(C)c(Oc2ccc(-c3ccccc3)cc2)c1[N+](=O)[O-]. The van der Waals surface area contributed by atoms with Gasteiger partial charge in [0, 0.05) is 7.05 Å². The van der Waals surface area contributed by atoms with Crippen LogP contribution in [-0.4, -0.2) is 14.7 Å². The number of nitrogens with zero attached hydrogens (tertiary/aromatic N) is 3. The molecule has 6 nitrogen and oxygen atoms in total. The van der Waals surface area contributed by atoms with E-state index < -0.39 is 4.92 Å². The van der Waals surface area contributed by atoms with Crippen LogP contribution in [0, 0.1) is 17.0 Å². The highest BCUT2D eigenvalue weighted by Gasteiger charge is 2.26. The van der Waals surface area contributed by atoms with Gasteiger partial charge in [-0.2, -0.15) is 5.10 Å². The third kappa shape index (κ3) is 2.91. The van der Waals surface area contributed by atoms with Gasteiger partial charge >= 0.3 is 5.69 Å². The van der Waals surface area contributed by atoms with Crippen LogP contribution in [0.4, 0.5) is 5.69 Å². The maximum Gasteiger partial charge on any atom is 0.353 e. The molecule has 1 heterocycles. The van der Waals surface area contributed by atoms with Gasteiger partial charge in [-0.1, -0.05) is 42.5 Å². The Morgan fingerprint density at radius 1 is 1.04 bits per heavy atom. The first-order chi connectivity index (χ1) is 11.1. The maximum atomic E-state index is 11.2. The second-order valence-corrected chi connectivity index (χ2v) is 5.11. The van der Waals surface area contributed by atoms with Gasteiger partial charge in [-0.05, 0) is 30.2 Å². The van der Waals surface area contributed by atoms with Crippen LogP contribution in [0.5, 0.6) is 11.6 Å². The largest absolute Gasteiger partial charge is 0.434 e. The second kappa shape index (κ2) is 5.92. The monoisotopic (exact) mass is 309 g/mol. The summed E-state index contributed by atoms with van der Waals surface area (Å²) in [7, 11) is 1.62. The van der Waals surface area contributed by atoms with E-state index in [1.165, 1.54) is 4.68 Å². The summed E-state index contributed by atoms with van der Waals surface area (Å²) in [6.45, 7) is 1.59. The number of aromatic nitrogens is 2. The third-order valence-corrected chi connectivity index (χ3v) is 3.50. The number of aryl methyl sites for hydroxylation is 2. The van der Waals surface area contributed by atoms with Gasteiger partial charge < -0.3 is 4.74 Å². The maximum absolute atomic E-state index is 11.2. The molecule has 3 aromatic rings. The summed E-state index contributed by atoms with van der Waals surface area (Å²) < 4.78 is 7.05. The molecule has 0 spiro atoms. The first-order valence-corrected chi connectivity index (χ1v) is 7.07. The van der Waals surface area contributed by atoms with Gasteiger partial charge in [0.1, 0.15) is 11.4 Å². The van der Waals surface area contributed by atoms with Crippen LogP contribution in [0.1, 0.15) is 5.69 Å². The van der Waals surface area contributed by atoms with E-state index in [1.807, 2.05) is 42.5 Å². The molecule has 0 saturated carbocycles. The fourth-order valence-electron chi connectivity index (χ4n) is 2.41. The smallest absolute Gasteiger partial charge is 0.353 e. The van der Waals surface area contributed by atoms with Gasteiger partial charge in [0.25, 0.3) is 5.88 Å². The highest BCUT2D eigenvalue weighted by molar-refractivity contribution is 5.64. The van der Waals surface area contributed by atoms with E-state index in [1.54, 1.807) is 26.1 Å². The first kappa shape index (κ1) is 14.8. The summed E-state index contributed by atoms with van der Waals surface area (Å²) in [4.78, 5) is 10.7. The molecule has 0 aliphatic rings. The first-order valence-electron chi connectivity index (χ1n) is 7.07. The molecular formula is C17H15N3O3. The summed E-state index contributed by atoms with van der Waals surface area (Å²) in [5.74, 6) is 0.649. The predicted molar refractivity (Wildman–Crippen MR) is 86.6 cm³/mol.